The molecule has 118 valence electrons. The Kier molecular flexibility index (Phi) is 3.23. The van der Waals surface area contributed by atoms with Crippen LogP contribution in [0, 0.1) is 5.92 Å². The molecule has 1 aromatic carbocycles. The van der Waals surface area contributed by atoms with Gasteiger partial charge in [-0.1, -0.05) is 18.2 Å². The maximum Gasteiger partial charge on any atom is 0.287 e. The number of furan rings is 2. The normalized spacial score (nSPS) is 17.1. The second-order valence-electron chi connectivity index (χ2n) is 6.01. The van der Waals surface area contributed by atoms with Gasteiger partial charge in [0.05, 0.1) is 12.8 Å². The first-order valence-electron chi connectivity index (χ1n) is 7.70. The molecule has 0 aliphatic heterocycles. The number of para-hydroxylation sites is 1. The number of hydrogen-bond acceptors (Lipinski definition) is 4. The number of carbonyl (C=O) groups excluding carboxylic acids is 1. The standard InChI is InChI=1S/C18H17NO4/c20-17(15-10-12-4-1-2-5-14(12)23-15)19-11-18(21,13-7-8-13)16-6-3-9-22-16/h1-6,9-10,13,21H,7-8,11H2,(H,19,20). The van der Waals surface area contributed by atoms with Gasteiger partial charge in [0.1, 0.15) is 16.9 Å². The van der Waals surface area contributed by atoms with E-state index in [-0.39, 0.29) is 24.1 Å². The summed E-state index contributed by atoms with van der Waals surface area (Å²) >= 11 is 0. The van der Waals surface area contributed by atoms with Crippen molar-refractivity contribution in [3.8, 4) is 0 Å². The van der Waals surface area contributed by atoms with Gasteiger partial charge in [0.15, 0.2) is 5.76 Å². The number of carbonyl (C=O) groups is 1. The quantitative estimate of drug-likeness (QED) is 0.759. The maximum absolute atomic E-state index is 12.3. The van der Waals surface area contributed by atoms with E-state index in [2.05, 4.69) is 5.32 Å². The molecule has 1 aliphatic carbocycles. The maximum atomic E-state index is 12.3. The van der Waals surface area contributed by atoms with E-state index in [1.54, 1.807) is 18.2 Å². The highest BCUT2D eigenvalue weighted by Gasteiger charge is 2.47. The van der Waals surface area contributed by atoms with E-state index in [0.717, 1.165) is 18.2 Å². The minimum atomic E-state index is -1.16. The molecular weight excluding hydrogens is 294 g/mol. The fourth-order valence-electron chi connectivity index (χ4n) is 2.91. The van der Waals surface area contributed by atoms with E-state index >= 15 is 0 Å². The predicted octanol–water partition coefficient (Wildman–Crippen LogP) is 3.05. The molecule has 1 fully saturated rings. The Hall–Kier alpha value is -2.53. The average Bonchev–Trinajstić information content (AvgIpc) is 3.12. The van der Waals surface area contributed by atoms with Crippen molar-refractivity contribution in [3.63, 3.8) is 0 Å². The van der Waals surface area contributed by atoms with Crippen molar-refractivity contribution in [1.82, 2.24) is 5.32 Å². The monoisotopic (exact) mass is 311 g/mol. The summed E-state index contributed by atoms with van der Waals surface area (Å²) in [6.45, 7) is 0.0983. The van der Waals surface area contributed by atoms with E-state index in [0.29, 0.717) is 11.3 Å². The summed E-state index contributed by atoms with van der Waals surface area (Å²) in [7, 11) is 0. The number of fused-ring (bicyclic) bond motifs is 1. The lowest BCUT2D eigenvalue weighted by molar-refractivity contribution is -0.00629. The van der Waals surface area contributed by atoms with Crippen molar-refractivity contribution in [3.05, 3.63) is 60.2 Å². The van der Waals surface area contributed by atoms with Crippen molar-refractivity contribution in [1.29, 1.82) is 0 Å². The average molecular weight is 311 g/mol. The summed E-state index contributed by atoms with van der Waals surface area (Å²) in [5, 5.41) is 14.6. The van der Waals surface area contributed by atoms with Crippen LogP contribution in [0.1, 0.15) is 29.2 Å². The Morgan fingerprint density at radius 1 is 1.26 bits per heavy atom. The lowest BCUT2D eigenvalue weighted by Gasteiger charge is -2.26. The Labute approximate surface area is 132 Å². The van der Waals surface area contributed by atoms with Gasteiger partial charge >= 0.3 is 0 Å². The number of rotatable bonds is 5. The second kappa shape index (κ2) is 5.28. The molecule has 1 unspecified atom stereocenters. The summed E-state index contributed by atoms with van der Waals surface area (Å²) in [6, 6.07) is 12.6. The molecule has 23 heavy (non-hydrogen) atoms. The molecular formula is C18H17NO4. The third-order valence-corrected chi connectivity index (χ3v) is 4.37. The van der Waals surface area contributed by atoms with E-state index in [4.69, 9.17) is 8.83 Å². The fourth-order valence-corrected chi connectivity index (χ4v) is 2.91. The molecule has 0 radical (unpaired) electrons. The molecule has 2 aromatic heterocycles. The van der Waals surface area contributed by atoms with Gasteiger partial charge in [-0.05, 0) is 43.0 Å². The molecule has 1 atom stereocenters. The molecule has 4 rings (SSSR count). The molecule has 0 spiro atoms. The molecule has 1 amide bonds. The highest BCUT2D eigenvalue weighted by molar-refractivity contribution is 5.96. The molecule has 0 saturated heterocycles. The van der Waals surface area contributed by atoms with Crippen LogP contribution in [-0.2, 0) is 5.60 Å². The molecule has 5 nitrogen and oxygen atoms in total. The van der Waals surface area contributed by atoms with Crippen LogP contribution in [0.4, 0.5) is 0 Å². The van der Waals surface area contributed by atoms with Crippen LogP contribution < -0.4 is 5.32 Å². The molecule has 2 N–H and O–H groups in total. The van der Waals surface area contributed by atoms with Gasteiger partial charge in [0.25, 0.3) is 5.91 Å². The second-order valence-corrected chi connectivity index (χ2v) is 6.01. The van der Waals surface area contributed by atoms with E-state index < -0.39 is 5.60 Å². The van der Waals surface area contributed by atoms with Crippen LogP contribution in [-0.4, -0.2) is 17.6 Å². The zero-order chi connectivity index (χ0) is 15.9. The van der Waals surface area contributed by atoms with E-state index in [1.807, 2.05) is 24.3 Å². The van der Waals surface area contributed by atoms with Gasteiger partial charge in [0.2, 0.25) is 0 Å². The van der Waals surface area contributed by atoms with Crippen LogP contribution in [0.25, 0.3) is 11.0 Å². The summed E-state index contributed by atoms with van der Waals surface area (Å²) in [4.78, 5) is 12.3. The fraction of sp³-hybridized carbons (Fsp3) is 0.278. The van der Waals surface area contributed by atoms with Crippen molar-refractivity contribution in [2.24, 2.45) is 5.92 Å². The first kappa shape index (κ1) is 14.1. The van der Waals surface area contributed by atoms with E-state index in [9.17, 15) is 9.90 Å². The highest BCUT2D eigenvalue weighted by atomic mass is 16.4. The van der Waals surface area contributed by atoms with Crippen LogP contribution in [0.3, 0.4) is 0 Å². The molecule has 1 saturated carbocycles. The number of amides is 1. The zero-order valence-electron chi connectivity index (χ0n) is 12.5. The van der Waals surface area contributed by atoms with Crippen LogP contribution >= 0.6 is 0 Å². The summed E-state index contributed by atoms with van der Waals surface area (Å²) in [5.41, 5.74) is -0.494. The summed E-state index contributed by atoms with van der Waals surface area (Å²) in [5.74, 6) is 0.505. The molecule has 1 aliphatic rings. The van der Waals surface area contributed by atoms with Crippen molar-refractivity contribution < 1.29 is 18.7 Å². The van der Waals surface area contributed by atoms with Gasteiger partial charge < -0.3 is 19.3 Å². The number of benzene rings is 1. The van der Waals surface area contributed by atoms with Gasteiger partial charge in [-0.15, -0.1) is 0 Å². The van der Waals surface area contributed by atoms with E-state index in [1.165, 1.54) is 6.26 Å². The lowest BCUT2D eigenvalue weighted by atomic mass is 9.94. The van der Waals surface area contributed by atoms with Gasteiger partial charge in [-0.3, -0.25) is 4.79 Å². The molecule has 5 heteroatoms. The largest absolute Gasteiger partial charge is 0.466 e. The predicted molar refractivity (Wildman–Crippen MR) is 83.9 cm³/mol. The number of aliphatic hydroxyl groups is 1. The SMILES string of the molecule is O=C(NCC(O)(c1ccco1)C1CC1)c1cc2ccccc2o1. The molecule has 0 bridgehead atoms. The van der Waals surface area contributed by atoms with Crippen molar-refractivity contribution >= 4 is 16.9 Å². The van der Waals surface area contributed by atoms with Gasteiger partial charge in [0, 0.05) is 5.39 Å². The minimum absolute atomic E-state index is 0.0983. The zero-order valence-corrected chi connectivity index (χ0v) is 12.5. The number of nitrogens with one attached hydrogen (secondary N) is 1. The topological polar surface area (TPSA) is 75.6 Å². The highest BCUT2D eigenvalue weighted by Crippen LogP contribution is 2.45. The Balaban J connectivity index is 1.52. The van der Waals surface area contributed by atoms with Crippen molar-refractivity contribution in [2.45, 2.75) is 18.4 Å². The third kappa shape index (κ3) is 2.53. The number of hydrogen-bond donors (Lipinski definition) is 2. The molecule has 3 aromatic rings. The molecule has 2 heterocycles. The summed E-state index contributed by atoms with van der Waals surface area (Å²) in [6.07, 6.45) is 3.39. The Morgan fingerprint density at radius 3 is 2.78 bits per heavy atom. The van der Waals surface area contributed by atoms with Crippen LogP contribution in [0.15, 0.2) is 57.6 Å². The minimum Gasteiger partial charge on any atom is -0.466 e. The smallest absolute Gasteiger partial charge is 0.287 e. The first-order valence-corrected chi connectivity index (χ1v) is 7.70. The lowest BCUT2D eigenvalue weighted by Crippen LogP contribution is -2.42. The summed E-state index contributed by atoms with van der Waals surface area (Å²) < 4.78 is 10.9. The first-order chi connectivity index (χ1) is 11.2. The van der Waals surface area contributed by atoms with Gasteiger partial charge in [-0.2, -0.15) is 0 Å². The Morgan fingerprint density at radius 2 is 2.09 bits per heavy atom. The van der Waals surface area contributed by atoms with Crippen molar-refractivity contribution in [2.75, 3.05) is 6.54 Å². The van der Waals surface area contributed by atoms with Crippen LogP contribution in [0.2, 0.25) is 0 Å². The third-order valence-electron chi connectivity index (χ3n) is 4.37. The van der Waals surface area contributed by atoms with Crippen LogP contribution in [0.5, 0.6) is 0 Å². The van der Waals surface area contributed by atoms with Gasteiger partial charge in [-0.25, -0.2) is 0 Å². The Bertz CT molecular complexity index is 799.